The van der Waals surface area contributed by atoms with Crippen LogP contribution in [0.15, 0.2) is 53.3 Å². The molecule has 180 valence electrons. The highest BCUT2D eigenvalue weighted by Gasteiger charge is 2.26. The second kappa shape index (κ2) is 10.8. The summed E-state index contributed by atoms with van der Waals surface area (Å²) in [6, 6.07) is 15.1. The van der Waals surface area contributed by atoms with Crippen molar-refractivity contribution in [3.05, 3.63) is 75.2 Å². The van der Waals surface area contributed by atoms with Crippen LogP contribution in [0, 0.1) is 6.92 Å². The van der Waals surface area contributed by atoms with Crippen LogP contribution >= 0.6 is 11.6 Å². The summed E-state index contributed by atoms with van der Waals surface area (Å²) in [7, 11) is 1.33. The number of halogens is 1. The van der Waals surface area contributed by atoms with Gasteiger partial charge in [-0.1, -0.05) is 55.3 Å². The molecule has 1 heterocycles. The third-order valence-electron chi connectivity index (χ3n) is 5.78. The maximum absolute atomic E-state index is 13.2. The first-order valence-corrected chi connectivity index (χ1v) is 11.6. The van der Waals surface area contributed by atoms with E-state index in [2.05, 4.69) is 15.9 Å². The average molecular weight is 484 g/mol. The summed E-state index contributed by atoms with van der Waals surface area (Å²) in [6.45, 7) is 6.21. The van der Waals surface area contributed by atoms with Gasteiger partial charge in [0.1, 0.15) is 6.54 Å². The lowest BCUT2D eigenvalue weighted by atomic mass is 9.79. The Hall–Kier alpha value is -3.19. The Kier molecular flexibility index (Phi) is 8.10. The third kappa shape index (κ3) is 6.23. The van der Waals surface area contributed by atoms with Gasteiger partial charge < -0.3 is 4.74 Å². The normalized spacial score (nSPS) is 11.4. The molecule has 0 aliphatic rings. The molecule has 3 aromatic rings. The zero-order valence-electron chi connectivity index (χ0n) is 20.0. The van der Waals surface area contributed by atoms with Crippen LogP contribution in [0.5, 0.6) is 0 Å². The molecule has 0 radical (unpaired) electrons. The van der Waals surface area contributed by atoms with Gasteiger partial charge >= 0.3 is 11.7 Å². The van der Waals surface area contributed by atoms with Crippen molar-refractivity contribution in [1.29, 1.82) is 0 Å². The highest BCUT2D eigenvalue weighted by Crippen LogP contribution is 2.28. The number of benzene rings is 2. The fourth-order valence-electron chi connectivity index (χ4n) is 3.93. The first-order chi connectivity index (χ1) is 16.1. The average Bonchev–Trinajstić information content (AvgIpc) is 3.09. The quantitative estimate of drug-likeness (QED) is 0.394. The molecule has 1 aromatic heterocycles. The van der Waals surface area contributed by atoms with E-state index in [-0.39, 0.29) is 43.1 Å². The maximum Gasteiger partial charge on any atom is 0.346 e. The third-order valence-corrected chi connectivity index (χ3v) is 6.03. The molecule has 2 aromatic carbocycles. The fourth-order valence-corrected chi connectivity index (χ4v) is 4.05. The number of Topliss-reactive ketones (excluding diaryl/α,β-unsaturated/α-hetero) is 1. The van der Waals surface area contributed by atoms with Gasteiger partial charge in [0.25, 0.3) is 0 Å². The molecule has 8 heteroatoms. The smallest absolute Gasteiger partial charge is 0.346 e. The minimum atomic E-state index is -0.392. The number of ether oxygens (including phenoxy) is 1. The van der Waals surface area contributed by atoms with Crippen LogP contribution < -0.4 is 5.69 Å². The molecule has 3 rings (SSSR count). The number of aryl methyl sites for hydroxylation is 1. The molecule has 0 aliphatic carbocycles. The maximum atomic E-state index is 13.2. The van der Waals surface area contributed by atoms with E-state index in [1.165, 1.54) is 16.4 Å². The number of ketones is 1. The van der Waals surface area contributed by atoms with Crippen molar-refractivity contribution in [2.45, 2.75) is 58.5 Å². The molecule has 0 amide bonds. The van der Waals surface area contributed by atoms with Crippen molar-refractivity contribution < 1.29 is 14.3 Å². The molecular weight excluding hydrogens is 454 g/mol. The Morgan fingerprint density at radius 3 is 2.47 bits per heavy atom. The predicted octanol–water partition coefficient (Wildman–Crippen LogP) is 4.56. The molecule has 0 fully saturated rings. The van der Waals surface area contributed by atoms with Crippen molar-refractivity contribution >= 4 is 23.4 Å². The lowest BCUT2D eigenvalue weighted by molar-refractivity contribution is -0.140. The molecule has 0 spiro atoms. The number of hydrogen-bond donors (Lipinski definition) is 0. The van der Waals surface area contributed by atoms with Crippen molar-refractivity contribution in [3.8, 4) is 11.4 Å². The Morgan fingerprint density at radius 1 is 1.12 bits per heavy atom. The van der Waals surface area contributed by atoms with Crippen LogP contribution in [0.3, 0.4) is 0 Å². The van der Waals surface area contributed by atoms with Crippen LogP contribution in [-0.2, 0) is 32.8 Å². The van der Waals surface area contributed by atoms with E-state index >= 15 is 0 Å². The SMILES string of the molecule is COC(=O)CCCn1c(-c2ccc(Cl)cc2)nn(CC(=O)CC(C)(C)c2cccc(C)c2)c1=O. The van der Waals surface area contributed by atoms with Gasteiger partial charge in [0.05, 0.1) is 7.11 Å². The molecule has 7 nitrogen and oxygen atoms in total. The number of methoxy groups -OCH3 is 1. The number of nitrogens with zero attached hydrogens (tertiary/aromatic N) is 3. The summed E-state index contributed by atoms with van der Waals surface area (Å²) in [4.78, 5) is 37.7. The van der Waals surface area contributed by atoms with Crippen LogP contribution in [0.4, 0.5) is 0 Å². The number of hydrogen-bond acceptors (Lipinski definition) is 5. The van der Waals surface area contributed by atoms with Crippen molar-refractivity contribution in [3.63, 3.8) is 0 Å². The topological polar surface area (TPSA) is 83.2 Å². The molecule has 0 atom stereocenters. The first kappa shape index (κ1) is 25.4. The standard InChI is InChI=1S/C26H30ClN3O4/c1-18-7-5-8-20(15-18)26(2,3)16-22(31)17-30-25(33)29(14-6-9-23(32)34-4)24(28-30)19-10-12-21(27)13-11-19/h5,7-8,10-13,15H,6,9,14,16-17H2,1-4H3. The fraction of sp³-hybridized carbons (Fsp3) is 0.385. The molecule has 0 aliphatic heterocycles. The minimum Gasteiger partial charge on any atom is -0.469 e. The molecule has 0 unspecified atom stereocenters. The Balaban J connectivity index is 1.85. The minimum absolute atomic E-state index is 0.0875. The van der Waals surface area contributed by atoms with Gasteiger partial charge in [-0.3, -0.25) is 14.2 Å². The predicted molar refractivity (Wildman–Crippen MR) is 132 cm³/mol. The van der Waals surface area contributed by atoms with Crippen LogP contribution in [-0.4, -0.2) is 33.2 Å². The van der Waals surface area contributed by atoms with Gasteiger partial charge in [-0.05, 0) is 48.6 Å². The van der Waals surface area contributed by atoms with Gasteiger partial charge in [-0.15, -0.1) is 5.10 Å². The largest absolute Gasteiger partial charge is 0.469 e. The van der Waals surface area contributed by atoms with E-state index in [0.717, 1.165) is 11.1 Å². The second-order valence-electron chi connectivity index (χ2n) is 9.07. The molecular formula is C26H30ClN3O4. The number of rotatable bonds is 10. The molecule has 0 N–H and O–H groups in total. The highest BCUT2D eigenvalue weighted by atomic mass is 35.5. The van der Waals surface area contributed by atoms with Crippen molar-refractivity contribution in [2.24, 2.45) is 0 Å². The van der Waals surface area contributed by atoms with Gasteiger partial charge in [-0.25, -0.2) is 9.48 Å². The Bertz CT molecular complexity index is 1230. The Morgan fingerprint density at radius 2 is 1.82 bits per heavy atom. The number of esters is 1. The Labute approximate surface area is 204 Å². The summed E-state index contributed by atoms with van der Waals surface area (Å²) in [5.74, 6) is -0.00482. The van der Waals surface area contributed by atoms with E-state index in [9.17, 15) is 14.4 Å². The van der Waals surface area contributed by atoms with E-state index in [4.69, 9.17) is 11.6 Å². The number of carbonyl (C=O) groups is 2. The monoisotopic (exact) mass is 483 g/mol. The highest BCUT2D eigenvalue weighted by molar-refractivity contribution is 6.30. The first-order valence-electron chi connectivity index (χ1n) is 11.2. The molecule has 0 bridgehead atoms. The van der Waals surface area contributed by atoms with Gasteiger partial charge in [0.2, 0.25) is 0 Å². The van der Waals surface area contributed by atoms with E-state index in [1.807, 2.05) is 39.0 Å². The van der Waals surface area contributed by atoms with E-state index in [0.29, 0.717) is 22.8 Å². The number of carbonyl (C=O) groups excluding carboxylic acids is 2. The summed E-state index contributed by atoms with van der Waals surface area (Å²) in [5.41, 5.74) is 2.13. The summed E-state index contributed by atoms with van der Waals surface area (Å²) >= 11 is 6.01. The molecule has 0 saturated heterocycles. The van der Waals surface area contributed by atoms with Crippen LogP contribution in [0.25, 0.3) is 11.4 Å². The van der Waals surface area contributed by atoms with E-state index in [1.54, 1.807) is 24.3 Å². The zero-order chi connectivity index (χ0) is 24.9. The molecule has 34 heavy (non-hydrogen) atoms. The van der Waals surface area contributed by atoms with Crippen molar-refractivity contribution in [1.82, 2.24) is 14.3 Å². The molecule has 0 saturated carbocycles. The van der Waals surface area contributed by atoms with Gasteiger partial charge in [0, 0.05) is 30.0 Å². The van der Waals surface area contributed by atoms with Crippen LogP contribution in [0.1, 0.15) is 44.2 Å². The summed E-state index contributed by atoms with van der Waals surface area (Å²) < 4.78 is 7.38. The lowest BCUT2D eigenvalue weighted by Gasteiger charge is -2.24. The van der Waals surface area contributed by atoms with Crippen LogP contribution in [0.2, 0.25) is 5.02 Å². The second-order valence-corrected chi connectivity index (χ2v) is 9.51. The van der Waals surface area contributed by atoms with Crippen molar-refractivity contribution in [2.75, 3.05) is 7.11 Å². The van der Waals surface area contributed by atoms with Gasteiger partial charge in [0.15, 0.2) is 11.6 Å². The zero-order valence-corrected chi connectivity index (χ0v) is 20.8. The number of aromatic nitrogens is 3. The van der Waals surface area contributed by atoms with E-state index < -0.39 is 5.69 Å². The summed E-state index contributed by atoms with van der Waals surface area (Å²) in [6.07, 6.45) is 0.860. The lowest BCUT2D eigenvalue weighted by Crippen LogP contribution is -2.30. The summed E-state index contributed by atoms with van der Waals surface area (Å²) in [5, 5.41) is 5.04. The van der Waals surface area contributed by atoms with Gasteiger partial charge in [-0.2, -0.15) is 0 Å².